The summed E-state index contributed by atoms with van der Waals surface area (Å²) in [4.78, 5) is 31.9. The Hall–Kier alpha value is -3.89. The van der Waals surface area contributed by atoms with Gasteiger partial charge in [-0.25, -0.2) is 14.4 Å². The number of nitrogens with two attached hydrogens (primary N) is 1. The molecule has 176 valence electrons. The van der Waals surface area contributed by atoms with Crippen molar-refractivity contribution < 1.29 is 9.23 Å². The number of aromatic nitrogens is 3. The van der Waals surface area contributed by atoms with Crippen molar-refractivity contribution in [2.24, 2.45) is 17.9 Å². The molecular weight excluding hydrogens is 437 g/mol. The van der Waals surface area contributed by atoms with Crippen LogP contribution in [0.25, 0.3) is 17.0 Å². The third kappa shape index (κ3) is 4.87. The van der Waals surface area contributed by atoms with Gasteiger partial charge in [-0.3, -0.25) is 14.3 Å². The van der Waals surface area contributed by atoms with Gasteiger partial charge in [-0.05, 0) is 17.2 Å². The van der Waals surface area contributed by atoms with Crippen molar-refractivity contribution >= 4 is 17.5 Å². The van der Waals surface area contributed by atoms with Crippen LogP contribution in [0.15, 0.2) is 65.2 Å². The number of nitrogens with one attached hydrogen (secondary N) is 1. The molecule has 34 heavy (non-hydrogen) atoms. The molecule has 9 nitrogen and oxygen atoms in total. The van der Waals surface area contributed by atoms with Gasteiger partial charge in [0.25, 0.3) is 5.56 Å². The second-order valence-electron chi connectivity index (χ2n) is 7.96. The molecule has 0 radical (unpaired) electrons. The molecule has 0 saturated carbocycles. The Labute approximate surface area is 196 Å². The van der Waals surface area contributed by atoms with Gasteiger partial charge in [0, 0.05) is 57.5 Å². The fraction of sp³-hybridized carbons (Fsp3) is 0.250. The largest absolute Gasteiger partial charge is 0.396 e. The molecule has 0 spiro atoms. The molecule has 10 heteroatoms. The number of benzene rings is 1. The molecule has 3 heterocycles. The van der Waals surface area contributed by atoms with Crippen molar-refractivity contribution in [2.45, 2.75) is 13.0 Å². The van der Waals surface area contributed by atoms with E-state index in [0.29, 0.717) is 37.2 Å². The SMILES string of the molecule is C=C(N=C(C)ON)c1ccc(C2CN(c3nc(-c4ccncc4F)cc(=O)n3C)CCN2)cc1. The molecule has 0 bridgehead atoms. The van der Waals surface area contributed by atoms with Crippen LogP contribution < -0.4 is 21.7 Å². The highest BCUT2D eigenvalue weighted by molar-refractivity contribution is 5.81. The van der Waals surface area contributed by atoms with Crippen LogP contribution in [0.1, 0.15) is 24.1 Å². The highest BCUT2D eigenvalue weighted by Crippen LogP contribution is 2.25. The summed E-state index contributed by atoms with van der Waals surface area (Å²) >= 11 is 0. The predicted molar refractivity (Wildman–Crippen MR) is 129 cm³/mol. The van der Waals surface area contributed by atoms with E-state index in [2.05, 4.69) is 31.7 Å². The molecule has 2 aromatic heterocycles. The Balaban J connectivity index is 1.58. The van der Waals surface area contributed by atoms with Gasteiger partial charge in [-0.2, -0.15) is 5.90 Å². The molecule has 1 aromatic carbocycles. The molecule has 1 fully saturated rings. The molecule has 0 amide bonds. The number of anilines is 1. The topological polar surface area (TPSA) is 111 Å². The van der Waals surface area contributed by atoms with E-state index in [9.17, 15) is 9.18 Å². The third-order valence-electron chi connectivity index (χ3n) is 5.73. The van der Waals surface area contributed by atoms with Crippen molar-refractivity contribution in [1.82, 2.24) is 19.9 Å². The van der Waals surface area contributed by atoms with Gasteiger partial charge in [0.1, 0.15) is 0 Å². The summed E-state index contributed by atoms with van der Waals surface area (Å²) in [6, 6.07) is 10.7. The zero-order valence-corrected chi connectivity index (χ0v) is 19.0. The van der Waals surface area contributed by atoms with Crippen LogP contribution in [-0.2, 0) is 11.9 Å². The first-order valence-corrected chi connectivity index (χ1v) is 10.7. The second-order valence-corrected chi connectivity index (χ2v) is 7.96. The van der Waals surface area contributed by atoms with Crippen LogP contribution in [0.4, 0.5) is 10.3 Å². The number of halogens is 1. The average molecular weight is 464 g/mol. The molecule has 4 rings (SSSR count). The monoisotopic (exact) mass is 463 g/mol. The fourth-order valence-corrected chi connectivity index (χ4v) is 3.87. The Morgan fingerprint density at radius 2 is 2.09 bits per heavy atom. The van der Waals surface area contributed by atoms with Gasteiger partial charge >= 0.3 is 0 Å². The standard InChI is InChI=1S/C24H26FN7O2/c1-15(29-16(2)34-26)17-4-6-18(7-5-17)22-14-32(11-10-28-22)24-30-21(12-23(33)31(24)3)19-8-9-27-13-20(19)25/h4-9,12-13,22,28H,1,10-11,14,26H2,2-3H3. The van der Waals surface area contributed by atoms with E-state index in [4.69, 9.17) is 5.90 Å². The lowest BCUT2D eigenvalue weighted by Crippen LogP contribution is -2.47. The van der Waals surface area contributed by atoms with Gasteiger partial charge in [0.2, 0.25) is 11.8 Å². The van der Waals surface area contributed by atoms with E-state index in [-0.39, 0.29) is 22.9 Å². The molecule has 1 aliphatic heterocycles. The first-order chi connectivity index (χ1) is 16.4. The number of piperazine rings is 1. The number of hydrogen-bond donors (Lipinski definition) is 2. The summed E-state index contributed by atoms with van der Waals surface area (Å²) in [6.45, 7) is 7.53. The molecule has 1 atom stereocenters. The normalized spacial score (nSPS) is 16.4. The van der Waals surface area contributed by atoms with Crippen LogP contribution in [0.5, 0.6) is 0 Å². The highest BCUT2D eigenvalue weighted by Gasteiger charge is 2.24. The molecule has 1 unspecified atom stereocenters. The van der Waals surface area contributed by atoms with E-state index in [1.165, 1.54) is 22.9 Å². The maximum absolute atomic E-state index is 14.3. The lowest BCUT2D eigenvalue weighted by Gasteiger charge is -2.35. The van der Waals surface area contributed by atoms with Gasteiger partial charge in [0.15, 0.2) is 5.82 Å². The van der Waals surface area contributed by atoms with Crippen molar-refractivity contribution in [3.05, 3.63) is 82.7 Å². The van der Waals surface area contributed by atoms with Gasteiger partial charge in [0.05, 0.1) is 17.6 Å². The smallest absolute Gasteiger partial charge is 0.255 e. The van der Waals surface area contributed by atoms with E-state index in [0.717, 1.165) is 17.3 Å². The van der Waals surface area contributed by atoms with E-state index >= 15 is 0 Å². The van der Waals surface area contributed by atoms with Gasteiger partial charge in [-0.15, -0.1) is 0 Å². The van der Waals surface area contributed by atoms with Gasteiger partial charge in [-0.1, -0.05) is 30.8 Å². The summed E-state index contributed by atoms with van der Waals surface area (Å²) in [5, 5.41) is 3.50. The quantitative estimate of drug-likeness (QED) is 0.340. The van der Waals surface area contributed by atoms with Crippen LogP contribution in [0.2, 0.25) is 0 Å². The summed E-state index contributed by atoms with van der Waals surface area (Å²) in [7, 11) is 1.67. The lowest BCUT2D eigenvalue weighted by molar-refractivity contribution is 0.318. The van der Waals surface area contributed by atoms with E-state index in [1.807, 2.05) is 29.2 Å². The fourth-order valence-electron chi connectivity index (χ4n) is 3.87. The Morgan fingerprint density at radius 3 is 2.79 bits per heavy atom. The maximum Gasteiger partial charge on any atom is 0.255 e. The summed E-state index contributed by atoms with van der Waals surface area (Å²) in [5.74, 6) is 5.41. The average Bonchev–Trinajstić information content (AvgIpc) is 2.86. The van der Waals surface area contributed by atoms with Crippen LogP contribution in [0.3, 0.4) is 0 Å². The zero-order chi connectivity index (χ0) is 24.2. The van der Waals surface area contributed by atoms with Crippen molar-refractivity contribution in [3.8, 4) is 11.3 Å². The highest BCUT2D eigenvalue weighted by atomic mass is 19.1. The summed E-state index contributed by atoms with van der Waals surface area (Å²) in [5.41, 5.74) is 2.74. The Morgan fingerprint density at radius 1 is 1.32 bits per heavy atom. The zero-order valence-electron chi connectivity index (χ0n) is 19.0. The summed E-state index contributed by atoms with van der Waals surface area (Å²) < 4.78 is 15.8. The van der Waals surface area contributed by atoms with Crippen LogP contribution in [-0.4, -0.2) is 40.1 Å². The van der Waals surface area contributed by atoms with Gasteiger partial charge < -0.3 is 15.1 Å². The third-order valence-corrected chi connectivity index (χ3v) is 5.73. The summed E-state index contributed by atoms with van der Waals surface area (Å²) in [6.07, 6.45) is 2.59. The number of hydrogen-bond acceptors (Lipinski definition) is 8. The van der Waals surface area contributed by atoms with E-state index in [1.54, 1.807) is 14.0 Å². The number of rotatable bonds is 5. The van der Waals surface area contributed by atoms with Crippen molar-refractivity contribution in [1.29, 1.82) is 0 Å². The number of aliphatic imine (C=N–C) groups is 1. The lowest BCUT2D eigenvalue weighted by atomic mass is 10.0. The van der Waals surface area contributed by atoms with Crippen LogP contribution in [0, 0.1) is 5.82 Å². The molecule has 3 aromatic rings. The Kier molecular flexibility index (Phi) is 6.80. The molecule has 0 aliphatic carbocycles. The first-order valence-electron chi connectivity index (χ1n) is 10.7. The van der Waals surface area contributed by atoms with Crippen molar-refractivity contribution in [3.63, 3.8) is 0 Å². The second kappa shape index (κ2) is 9.94. The first kappa shape index (κ1) is 23.3. The molecule has 1 saturated heterocycles. The number of pyridine rings is 1. The Bertz CT molecular complexity index is 1290. The van der Waals surface area contributed by atoms with E-state index < -0.39 is 5.82 Å². The molecular formula is C24H26FN7O2. The molecule has 3 N–H and O–H groups in total. The minimum absolute atomic E-state index is 0.00639. The minimum Gasteiger partial charge on any atom is -0.396 e. The maximum atomic E-state index is 14.3. The van der Waals surface area contributed by atoms with Crippen molar-refractivity contribution in [2.75, 3.05) is 24.5 Å². The molecule has 1 aliphatic rings. The van der Waals surface area contributed by atoms with Crippen LogP contribution >= 0.6 is 0 Å². The predicted octanol–water partition coefficient (Wildman–Crippen LogP) is 2.41. The minimum atomic E-state index is -0.522. The number of nitrogens with zero attached hydrogens (tertiary/aromatic N) is 5.